The highest BCUT2D eigenvalue weighted by molar-refractivity contribution is 6.05. The van der Waals surface area contributed by atoms with Gasteiger partial charge in [-0.15, -0.1) is 0 Å². The standard InChI is InChI=1S/C27H26N8O2/c1-3-21(36)34-13-16-11-19(34)20(12-16)35-26-22(24(28)30-14-31-26)23(33-35)17-6-8-18(9-7-17)27(37)32-25-15(2)5-4-10-29-25/h3-10,14,16,19-20H,1,11-13H2,2H3,(H2,28,30,31)(H,29,32,37)/t16-,19+,20+/m1/s1. The highest BCUT2D eigenvalue weighted by Gasteiger charge is 2.48. The molecule has 2 amide bonds. The first kappa shape index (κ1) is 22.8. The number of nitrogen functional groups attached to an aromatic ring is 1. The van der Waals surface area contributed by atoms with Crippen LogP contribution in [0, 0.1) is 12.8 Å². The summed E-state index contributed by atoms with van der Waals surface area (Å²) in [5.74, 6) is 0.974. The summed E-state index contributed by atoms with van der Waals surface area (Å²) in [6.45, 7) is 6.29. The maximum absolute atomic E-state index is 12.8. The summed E-state index contributed by atoms with van der Waals surface area (Å²) in [5, 5.41) is 8.46. The number of likely N-dealkylation sites (tertiary alicyclic amines) is 1. The van der Waals surface area contributed by atoms with E-state index in [0.717, 1.165) is 30.5 Å². The SMILES string of the molecule is C=CC(=O)N1C[C@@H]2C[C@H]1[C@@H](n1nc(-c3ccc(C(=O)Nc4ncccc4C)cc3)c3c(N)ncnc31)C2. The van der Waals surface area contributed by atoms with Gasteiger partial charge in [-0.2, -0.15) is 5.10 Å². The van der Waals surface area contributed by atoms with Crippen molar-refractivity contribution in [2.75, 3.05) is 17.6 Å². The molecular weight excluding hydrogens is 468 g/mol. The molecule has 186 valence electrons. The van der Waals surface area contributed by atoms with Crippen LogP contribution in [0.25, 0.3) is 22.3 Å². The third-order valence-corrected chi connectivity index (χ3v) is 7.40. The Bertz CT molecular complexity index is 1540. The highest BCUT2D eigenvalue weighted by Crippen LogP contribution is 2.46. The molecule has 1 aliphatic carbocycles. The molecule has 6 rings (SSSR count). The number of benzene rings is 1. The Morgan fingerprint density at radius 3 is 2.62 bits per heavy atom. The molecule has 0 unspecified atom stereocenters. The molecule has 4 heterocycles. The number of nitrogens with one attached hydrogen (secondary N) is 1. The molecule has 0 radical (unpaired) electrons. The zero-order chi connectivity index (χ0) is 25.7. The summed E-state index contributed by atoms with van der Waals surface area (Å²) in [5.41, 5.74) is 9.75. The predicted octanol–water partition coefficient (Wildman–Crippen LogP) is 3.38. The van der Waals surface area contributed by atoms with Crippen molar-refractivity contribution in [2.24, 2.45) is 5.92 Å². The third kappa shape index (κ3) is 3.81. The van der Waals surface area contributed by atoms with Gasteiger partial charge < -0.3 is 16.0 Å². The molecule has 37 heavy (non-hydrogen) atoms. The molecule has 10 nitrogen and oxygen atoms in total. The number of aryl methyl sites for hydroxylation is 1. The first-order valence-corrected chi connectivity index (χ1v) is 12.2. The monoisotopic (exact) mass is 494 g/mol. The van der Waals surface area contributed by atoms with Crippen LogP contribution in [0.2, 0.25) is 0 Å². The van der Waals surface area contributed by atoms with Gasteiger partial charge in [-0.1, -0.05) is 24.8 Å². The van der Waals surface area contributed by atoms with E-state index in [1.165, 1.54) is 12.4 Å². The number of pyridine rings is 1. The molecule has 2 fully saturated rings. The molecule has 0 spiro atoms. The summed E-state index contributed by atoms with van der Waals surface area (Å²) in [6, 6.07) is 10.9. The molecular formula is C27H26N8O2. The molecule has 1 aromatic carbocycles. The lowest BCUT2D eigenvalue weighted by molar-refractivity contribution is -0.128. The van der Waals surface area contributed by atoms with Crippen LogP contribution in [0.3, 0.4) is 0 Å². The van der Waals surface area contributed by atoms with Crippen LogP contribution in [0.15, 0.2) is 61.6 Å². The summed E-state index contributed by atoms with van der Waals surface area (Å²) in [4.78, 5) is 40.1. The second kappa shape index (κ2) is 8.81. The number of rotatable bonds is 5. The zero-order valence-corrected chi connectivity index (χ0v) is 20.3. The average molecular weight is 495 g/mol. The van der Waals surface area contributed by atoms with Crippen molar-refractivity contribution in [2.45, 2.75) is 31.8 Å². The Labute approximate surface area is 213 Å². The lowest BCUT2D eigenvalue weighted by atomic mass is 10.1. The molecule has 3 N–H and O–H groups in total. The van der Waals surface area contributed by atoms with Crippen molar-refractivity contribution in [3.8, 4) is 11.3 Å². The van der Waals surface area contributed by atoms with Crippen LogP contribution in [0.4, 0.5) is 11.6 Å². The number of carbonyl (C=O) groups excluding carboxylic acids is 2. The molecule has 2 bridgehead atoms. The van der Waals surface area contributed by atoms with Gasteiger partial charge in [0, 0.05) is 23.9 Å². The van der Waals surface area contributed by atoms with E-state index in [0.29, 0.717) is 39.8 Å². The van der Waals surface area contributed by atoms with Gasteiger partial charge in [0.2, 0.25) is 5.91 Å². The number of anilines is 2. The van der Waals surface area contributed by atoms with Crippen LogP contribution in [-0.4, -0.2) is 54.0 Å². The minimum absolute atomic E-state index is 0.0140. The normalized spacial score (nSPS) is 20.4. The van der Waals surface area contributed by atoms with E-state index in [4.69, 9.17) is 10.8 Å². The fourth-order valence-corrected chi connectivity index (χ4v) is 5.63. The average Bonchev–Trinajstić information content (AvgIpc) is 3.63. The molecule has 1 saturated heterocycles. The van der Waals surface area contributed by atoms with Gasteiger partial charge in [0.25, 0.3) is 5.91 Å². The lowest BCUT2D eigenvalue weighted by Gasteiger charge is -2.32. The Hall–Kier alpha value is -4.60. The lowest BCUT2D eigenvalue weighted by Crippen LogP contribution is -2.42. The minimum Gasteiger partial charge on any atom is -0.383 e. The first-order valence-electron chi connectivity index (χ1n) is 12.2. The van der Waals surface area contributed by atoms with E-state index in [9.17, 15) is 9.59 Å². The first-order chi connectivity index (χ1) is 17.9. The van der Waals surface area contributed by atoms with Crippen molar-refractivity contribution in [3.05, 3.63) is 72.7 Å². The molecule has 3 aromatic heterocycles. The van der Waals surface area contributed by atoms with Crippen LogP contribution >= 0.6 is 0 Å². The maximum Gasteiger partial charge on any atom is 0.256 e. The number of nitrogens with zero attached hydrogens (tertiary/aromatic N) is 6. The van der Waals surface area contributed by atoms with Crippen LogP contribution in [0.1, 0.15) is 34.8 Å². The number of fused-ring (bicyclic) bond motifs is 3. The van der Waals surface area contributed by atoms with Gasteiger partial charge >= 0.3 is 0 Å². The number of nitrogens with two attached hydrogens (primary N) is 1. The van der Waals surface area contributed by atoms with Crippen LogP contribution in [-0.2, 0) is 4.79 Å². The van der Waals surface area contributed by atoms with Crippen molar-refractivity contribution in [1.82, 2.24) is 29.6 Å². The second-order valence-corrected chi connectivity index (χ2v) is 9.62. The fourth-order valence-electron chi connectivity index (χ4n) is 5.63. The van der Waals surface area contributed by atoms with Crippen molar-refractivity contribution >= 4 is 34.5 Å². The van der Waals surface area contributed by atoms with E-state index in [1.807, 2.05) is 40.8 Å². The van der Waals surface area contributed by atoms with Gasteiger partial charge in [-0.05, 0) is 55.5 Å². The van der Waals surface area contributed by atoms with E-state index < -0.39 is 0 Å². The summed E-state index contributed by atoms with van der Waals surface area (Å²) in [6.07, 6.45) is 6.30. The smallest absolute Gasteiger partial charge is 0.256 e. The third-order valence-electron chi connectivity index (χ3n) is 7.40. The Kier molecular flexibility index (Phi) is 5.44. The number of amides is 2. The Morgan fingerprint density at radius 2 is 1.89 bits per heavy atom. The molecule has 4 aromatic rings. The largest absolute Gasteiger partial charge is 0.383 e. The highest BCUT2D eigenvalue weighted by atomic mass is 16.2. The van der Waals surface area contributed by atoms with Gasteiger partial charge in [-0.25, -0.2) is 19.6 Å². The van der Waals surface area contributed by atoms with E-state index in [-0.39, 0.29) is 23.9 Å². The Balaban J connectivity index is 1.34. The molecule has 2 aliphatic rings. The van der Waals surface area contributed by atoms with E-state index >= 15 is 0 Å². The number of hydrogen-bond acceptors (Lipinski definition) is 7. The van der Waals surface area contributed by atoms with Crippen molar-refractivity contribution in [1.29, 1.82) is 0 Å². The van der Waals surface area contributed by atoms with Gasteiger partial charge in [-0.3, -0.25) is 9.59 Å². The fraction of sp³-hybridized carbons (Fsp3) is 0.259. The topological polar surface area (TPSA) is 132 Å². The predicted molar refractivity (Wildman–Crippen MR) is 140 cm³/mol. The number of piperidine rings is 1. The minimum atomic E-state index is -0.249. The zero-order valence-electron chi connectivity index (χ0n) is 20.3. The Morgan fingerprint density at radius 1 is 1.11 bits per heavy atom. The quantitative estimate of drug-likeness (QED) is 0.407. The van der Waals surface area contributed by atoms with E-state index in [2.05, 4.69) is 26.8 Å². The molecule has 1 saturated carbocycles. The summed E-state index contributed by atoms with van der Waals surface area (Å²) in [7, 11) is 0. The van der Waals surface area contributed by atoms with Gasteiger partial charge in [0.05, 0.1) is 17.5 Å². The second-order valence-electron chi connectivity index (χ2n) is 9.62. The molecule has 3 atom stereocenters. The van der Waals surface area contributed by atoms with Crippen LogP contribution < -0.4 is 11.1 Å². The van der Waals surface area contributed by atoms with Crippen molar-refractivity contribution < 1.29 is 9.59 Å². The van der Waals surface area contributed by atoms with Gasteiger partial charge in [0.15, 0.2) is 5.65 Å². The number of carbonyl (C=O) groups is 2. The van der Waals surface area contributed by atoms with E-state index in [1.54, 1.807) is 18.3 Å². The van der Waals surface area contributed by atoms with Crippen LogP contribution in [0.5, 0.6) is 0 Å². The maximum atomic E-state index is 12.8. The summed E-state index contributed by atoms with van der Waals surface area (Å²) < 4.78 is 1.90. The molecule has 1 aliphatic heterocycles. The number of aromatic nitrogens is 5. The molecule has 10 heteroatoms. The van der Waals surface area contributed by atoms with Crippen molar-refractivity contribution in [3.63, 3.8) is 0 Å². The number of hydrogen-bond donors (Lipinski definition) is 2. The summed E-state index contributed by atoms with van der Waals surface area (Å²) >= 11 is 0. The van der Waals surface area contributed by atoms with Gasteiger partial charge in [0.1, 0.15) is 23.7 Å².